The summed E-state index contributed by atoms with van der Waals surface area (Å²) in [5, 5.41) is 3.50. The van der Waals surface area contributed by atoms with Gasteiger partial charge in [-0.05, 0) is 49.9 Å². The lowest BCUT2D eigenvalue weighted by molar-refractivity contribution is 0.433. The first-order valence-corrected chi connectivity index (χ1v) is 5.69. The molecule has 0 amide bonds. The summed E-state index contributed by atoms with van der Waals surface area (Å²) in [6, 6.07) is 5.51. The van der Waals surface area contributed by atoms with Crippen LogP contribution in [0.4, 0.5) is 4.39 Å². The fourth-order valence-electron chi connectivity index (χ4n) is 2.33. The second-order valence-corrected chi connectivity index (χ2v) is 4.52. The van der Waals surface area contributed by atoms with Gasteiger partial charge in [-0.25, -0.2) is 4.39 Å². The maximum atomic E-state index is 13.4. The molecule has 1 fully saturated rings. The molecule has 1 N–H and O–H groups in total. The Labute approximate surface area is 90.7 Å². The minimum Gasteiger partial charge on any atom is -0.308 e. The molecular formula is C13H18FN. The topological polar surface area (TPSA) is 12.0 Å². The van der Waals surface area contributed by atoms with Crippen LogP contribution in [0.25, 0.3) is 0 Å². The Hall–Kier alpha value is -0.890. The van der Waals surface area contributed by atoms with Crippen molar-refractivity contribution in [2.45, 2.75) is 38.6 Å². The lowest BCUT2D eigenvalue weighted by Gasteiger charge is -2.25. The van der Waals surface area contributed by atoms with E-state index in [1.165, 1.54) is 12.0 Å². The van der Waals surface area contributed by atoms with Crippen LogP contribution in [-0.4, -0.2) is 6.54 Å². The summed E-state index contributed by atoms with van der Waals surface area (Å²) >= 11 is 0. The van der Waals surface area contributed by atoms with Gasteiger partial charge in [0.15, 0.2) is 0 Å². The SMILES string of the molecule is CCc1cc(C2(C)CCCN2)ccc1F. The monoisotopic (exact) mass is 207 g/mol. The number of benzene rings is 1. The summed E-state index contributed by atoms with van der Waals surface area (Å²) in [4.78, 5) is 0. The van der Waals surface area contributed by atoms with E-state index in [4.69, 9.17) is 0 Å². The van der Waals surface area contributed by atoms with Gasteiger partial charge in [0.1, 0.15) is 5.82 Å². The molecule has 1 saturated heterocycles. The standard InChI is InChI=1S/C13H18FN/c1-3-10-9-11(5-6-12(10)14)13(2)7-4-8-15-13/h5-6,9,15H,3-4,7-8H2,1-2H3. The number of hydrogen-bond donors (Lipinski definition) is 1. The van der Waals surface area contributed by atoms with Crippen LogP contribution in [0.3, 0.4) is 0 Å². The average Bonchev–Trinajstić information content (AvgIpc) is 2.67. The highest BCUT2D eigenvalue weighted by molar-refractivity contribution is 5.31. The molecule has 1 nitrogen and oxygen atoms in total. The molecule has 15 heavy (non-hydrogen) atoms. The van der Waals surface area contributed by atoms with Crippen LogP contribution in [0.5, 0.6) is 0 Å². The zero-order chi connectivity index (χ0) is 10.9. The summed E-state index contributed by atoms with van der Waals surface area (Å²) in [6.07, 6.45) is 3.10. The van der Waals surface area contributed by atoms with E-state index in [9.17, 15) is 4.39 Å². The number of hydrogen-bond acceptors (Lipinski definition) is 1. The van der Waals surface area contributed by atoms with Gasteiger partial charge in [-0.2, -0.15) is 0 Å². The first-order valence-electron chi connectivity index (χ1n) is 5.69. The van der Waals surface area contributed by atoms with E-state index in [0.29, 0.717) is 0 Å². The molecule has 0 bridgehead atoms. The molecule has 1 aliphatic heterocycles. The van der Waals surface area contributed by atoms with Crippen LogP contribution in [0, 0.1) is 5.82 Å². The van der Waals surface area contributed by atoms with Gasteiger partial charge in [-0.15, -0.1) is 0 Å². The van der Waals surface area contributed by atoms with Crippen LogP contribution in [0.2, 0.25) is 0 Å². The third kappa shape index (κ3) is 1.91. The molecule has 1 aromatic carbocycles. The Morgan fingerprint density at radius 2 is 2.27 bits per heavy atom. The van der Waals surface area contributed by atoms with Crippen molar-refractivity contribution in [1.29, 1.82) is 0 Å². The van der Waals surface area contributed by atoms with Crippen molar-refractivity contribution in [3.8, 4) is 0 Å². The van der Waals surface area contributed by atoms with E-state index in [1.807, 2.05) is 19.1 Å². The molecule has 0 aliphatic carbocycles. The summed E-state index contributed by atoms with van der Waals surface area (Å²) in [5.41, 5.74) is 2.10. The van der Waals surface area contributed by atoms with E-state index in [2.05, 4.69) is 12.2 Å². The van der Waals surface area contributed by atoms with Crippen LogP contribution < -0.4 is 5.32 Å². The van der Waals surface area contributed by atoms with Crippen molar-refractivity contribution in [1.82, 2.24) is 5.32 Å². The van der Waals surface area contributed by atoms with Gasteiger partial charge >= 0.3 is 0 Å². The number of rotatable bonds is 2. The molecule has 82 valence electrons. The first-order chi connectivity index (χ1) is 7.15. The van der Waals surface area contributed by atoms with Crippen LogP contribution in [0.1, 0.15) is 37.8 Å². The second kappa shape index (κ2) is 3.93. The van der Waals surface area contributed by atoms with Gasteiger partial charge < -0.3 is 5.32 Å². The van der Waals surface area contributed by atoms with E-state index < -0.39 is 0 Å². The minimum absolute atomic E-state index is 0.0532. The predicted molar refractivity (Wildman–Crippen MR) is 60.4 cm³/mol. The molecular weight excluding hydrogens is 189 g/mol. The molecule has 0 spiro atoms. The average molecular weight is 207 g/mol. The molecule has 1 unspecified atom stereocenters. The van der Waals surface area contributed by atoms with Crippen molar-refractivity contribution < 1.29 is 4.39 Å². The highest BCUT2D eigenvalue weighted by atomic mass is 19.1. The summed E-state index contributed by atoms with van der Waals surface area (Å²) < 4.78 is 13.4. The first kappa shape index (κ1) is 10.6. The van der Waals surface area contributed by atoms with Crippen molar-refractivity contribution in [2.24, 2.45) is 0 Å². The molecule has 1 aliphatic rings. The largest absolute Gasteiger partial charge is 0.308 e. The molecule has 0 aromatic heterocycles. The minimum atomic E-state index is -0.0807. The quantitative estimate of drug-likeness (QED) is 0.786. The molecule has 1 atom stereocenters. The lowest BCUT2D eigenvalue weighted by Crippen LogP contribution is -2.33. The predicted octanol–water partition coefficient (Wildman–Crippen LogP) is 2.99. The second-order valence-electron chi connectivity index (χ2n) is 4.52. The van der Waals surface area contributed by atoms with Crippen molar-refractivity contribution in [2.75, 3.05) is 6.54 Å². The molecule has 1 aromatic rings. The van der Waals surface area contributed by atoms with Gasteiger partial charge in [0.25, 0.3) is 0 Å². The maximum absolute atomic E-state index is 13.4. The third-order valence-corrected chi connectivity index (χ3v) is 3.43. The number of nitrogens with one attached hydrogen (secondary N) is 1. The number of aryl methyl sites for hydroxylation is 1. The summed E-state index contributed by atoms with van der Waals surface area (Å²) in [7, 11) is 0. The van der Waals surface area contributed by atoms with Crippen molar-refractivity contribution >= 4 is 0 Å². The zero-order valence-electron chi connectivity index (χ0n) is 9.44. The van der Waals surface area contributed by atoms with Gasteiger partial charge in [0.2, 0.25) is 0 Å². The molecule has 0 radical (unpaired) electrons. The van der Waals surface area contributed by atoms with E-state index >= 15 is 0 Å². The molecule has 1 heterocycles. The van der Waals surface area contributed by atoms with Gasteiger partial charge in [-0.3, -0.25) is 0 Å². The molecule has 0 saturated carbocycles. The van der Waals surface area contributed by atoms with Gasteiger partial charge in [0.05, 0.1) is 0 Å². The summed E-state index contributed by atoms with van der Waals surface area (Å²) in [5.74, 6) is -0.0807. The van der Waals surface area contributed by atoms with E-state index in [-0.39, 0.29) is 11.4 Å². The Balaban J connectivity index is 2.36. The highest BCUT2D eigenvalue weighted by Crippen LogP contribution is 2.31. The van der Waals surface area contributed by atoms with Gasteiger partial charge in [-0.1, -0.05) is 19.1 Å². The highest BCUT2D eigenvalue weighted by Gasteiger charge is 2.30. The molecule has 2 rings (SSSR count). The van der Waals surface area contributed by atoms with Crippen LogP contribution >= 0.6 is 0 Å². The summed E-state index contributed by atoms with van der Waals surface area (Å²) in [6.45, 7) is 5.26. The zero-order valence-corrected chi connectivity index (χ0v) is 9.44. The molecule has 2 heteroatoms. The van der Waals surface area contributed by atoms with Crippen molar-refractivity contribution in [3.63, 3.8) is 0 Å². The van der Waals surface area contributed by atoms with E-state index in [0.717, 1.165) is 24.9 Å². The Morgan fingerprint density at radius 3 is 2.87 bits per heavy atom. The Morgan fingerprint density at radius 1 is 1.47 bits per heavy atom. The maximum Gasteiger partial charge on any atom is 0.126 e. The fourth-order valence-corrected chi connectivity index (χ4v) is 2.33. The Kier molecular flexibility index (Phi) is 2.79. The van der Waals surface area contributed by atoms with Crippen molar-refractivity contribution in [3.05, 3.63) is 35.1 Å². The van der Waals surface area contributed by atoms with Crippen LogP contribution in [0.15, 0.2) is 18.2 Å². The number of halogens is 1. The fraction of sp³-hybridized carbons (Fsp3) is 0.538. The van der Waals surface area contributed by atoms with E-state index in [1.54, 1.807) is 6.07 Å². The van der Waals surface area contributed by atoms with Gasteiger partial charge in [0, 0.05) is 5.54 Å². The normalized spacial score (nSPS) is 25.8. The Bertz CT molecular complexity index is 354. The third-order valence-electron chi connectivity index (χ3n) is 3.43. The lowest BCUT2D eigenvalue weighted by atomic mass is 9.89. The van der Waals surface area contributed by atoms with Crippen LogP contribution in [-0.2, 0) is 12.0 Å². The smallest absolute Gasteiger partial charge is 0.126 e.